The molecule has 0 amide bonds. The van der Waals surface area contributed by atoms with E-state index < -0.39 is 5.60 Å². The fourth-order valence-electron chi connectivity index (χ4n) is 2.55. The molecule has 2 heteroatoms. The first-order valence-corrected chi connectivity index (χ1v) is 6.06. The van der Waals surface area contributed by atoms with Crippen LogP contribution >= 0.6 is 0 Å². The summed E-state index contributed by atoms with van der Waals surface area (Å²) in [6.45, 7) is 3.18. The lowest BCUT2D eigenvalue weighted by atomic mass is 9.82. The van der Waals surface area contributed by atoms with Crippen molar-refractivity contribution < 1.29 is 5.11 Å². The molecule has 16 heavy (non-hydrogen) atoms. The third kappa shape index (κ3) is 2.63. The lowest BCUT2D eigenvalue weighted by molar-refractivity contribution is -0.0353. The fourth-order valence-corrected chi connectivity index (χ4v) is 2.55. The minimum Gasteiger partial charge on any atom is -0.389 e. The molecule has 0 aromatic heterocycles. The molecule has 1 fully saturated rings. The van der Waals surface area contributed by atoms with E-state index in [0.717, 1.165) is 25.8 Å². The zero-order valence-corrected chi connectivity index (χ0v) is 10.2. The van der Waals surface area contributed by atoms with Crippen LogP contribution in [0.25, 0.3) is 0 Å². The van der Waals surface area contributed by atoms with E-state index in [0.29, 0.717) is 6.04 Å². The molecule has 1 aliphatic heterocycles. The van der Waals surface area contributed by atoms with E-state index in [1.54, 1.807) is 0 Å². The maximum absolute atomic E-state index is 10.6. The SMILES string of the molecule is CC1CC(O)(Cc2ccccc2)CCN1C. The maximum atomic E-state index is 10.6. The molecule has 0 spiro atoms. The molecule has 2 nitrogen and oxygen atoms in total. The first kappa shape index (κ1) is 11.6. The van der Waals surface area contributed by atoms with Crippen LogP contribution in [-0.2, 0) is 6.42 Å². The highest BCUT2D eigenvalue weighted by molar-refractivity contribution is 5.17. The molecule has 0 radical (unpaired) electrons. The van der Waals surface area contributed by atoms with Crippen molar-refractivity contribution in [3.63, 3.8) is 0 Å². The fraction of sp³-hybridized carbons (Fsp3) is 0.571. The van der Waals surface area contributed by atoms with Crippen LogP contribution in [0.1, 0.15) is 25.3 Å². The van der Waals surface area contributed by atoms with Gasteiger partial charge in [0.1, 0.15) is 0 Å². The Morgan fingerprint density at radius 2 is 2.06 bits per heavy atom. The highest BCUT2D eigenvalue weighted by Gasteiger charge is 2.34. The minimum absolute atomic E-state index is 0.475. The molecule has 1 heterocycles. The van der Waals surface area contributed by atoms with Gasteiger partial charge in [0.2, 0.25) is 0 Å². The van der Waals surface area contributed by atoms with E-state index >= 15 is 0 Å². The second kappa shape index (κ2) is 4.56. The summed E-state index contributed by atoms with van der Waals surface area (Å²) in [5.41, 5.74) is 0.731. The van der Waals surface area contributed by atoms with Gasteiger partial charge in [0.15, 0.2) is 0 Å². The standard InChI is InChI=1S/C14H21NO/c1-12-10-14(16,8-9-15(12)2)11-13-6-4-3-5-7-13/h3-7,12,16H,8-11H2,1-2H3. The maximum Gasteiger partial charge on any atom is 0.0714 e. The molecular weight excluding hydrogens is 198 g/mol. The predicted molar refractivity (Wildman–Crippen MR) is 66.4 cm³/mol. The van der Waals surface area contributed by atoms with Crippen LogP contribution in [0.15, 0.2) is 30.3 Å². The van der Waals surface area contributed by atoms with Crippen LogP contribution < -0.4 is 0 Å². The monoisotopic (exact) mass is 219 g/mol. The van der Waals surface area contributed by atoms with Gasteiger partial charge in [0.25, 0.3) is 0 Å². The van der Waals surface area contributed by atoms with Crippen molar-refractivity contribution in [2.45, 2.75) is 37.8 Å². The van der Waals surface area contributed by atoms with Crippen LogP contribution in [0.4, 0.5) is 0 Å². The van der Waals surface area contributed by atoms with Crippen molar-refractivity contribution in [3.8, 4) is 0 Å². The zero-order valence-electron chi connectivity index (χ0n) is 10.2. The number of piperidine rings is 1. The van der Waals surface area contributed by atoms with Gasteiger partial charge in [-0.05, 0) is 32.4 Å². The molecule has 0 aliphatic carbocycles. The van der Waals surface area contributed by atoms with Crippen LogP contribution in [0.3, 0.4) is 0 Å². The van der Waals surface area contributed by atoms with Crippen molar-refractivity contribution >= 4 is 0 Å². The molecule has 2 unspecified atom stereocenters. The molecule has 1 aromatic rings. The summed E-state index contributed by atoms with van der Waals surface area (Å²) < 4.78 is 0. The van der Waals surface area contributed by atoms with E-state index in [4.69, 9.17) is 0 Å². The van der Waals surface area contributed by atoms with E-state index in [2.05, 4.69) is 31.0 Å². The first-order chi connectivity index (χ1) is 7.59. The number of hydrogen-bond acceptors (Lipinski definition) is 2. The lowest BCUT2D eigenvalue weighted by Crippen LogP contribution is -2.48. The van der Waals surface area contributed by atoms with Crippen molar-refractivity contribution in [2.24, 2.45) is 0 Å². The summed E-state index contributed by atoms with van der Waals surface area (Å²) in [5, 5.41) is 10.6. The smallest absolute Gasteiger partial charge is 0.0714 e. The third-order valence-corrected chi connectivity index (χ3v) is 3.73. The summed E-state index contributed by atoms with van der Waals surface area (Å²) in [7, 11) is 2.13. The summed E-state index contributed by atoms with van der Waals surface area (Å²) in [6, 6.07) is 10.8. The lowest BCUT2D eigenvalue weighted by Gasteiger charge is -2.41. The normalized spacial score (nSPS) is 31.6. The van der Waals surface area contributed by atoms with Crippen molar-refractivity contribution in [2.75, 3.05) is 13.6 Å². The largest absolute Gasteiger partial charge is 0.389 e. The minimum atomic E-state index is -0.507. The molecule has 88 valence electrons. The third-order valence-electron chi connectivity index (χ3n) is 3.73. The number of benzene rings is 1. The quantitative estimate of drug-likeness (QED) is 0.823. The van der Waals surface area contributed by atoms with Crippen LogP contribution in [0.5, 0.6) is 0 Å². The average molecular weight is 219 g/mol. The molecular formula is C14H21NO. The predicted octanol–water partition coefficient (Wildman–Crippen LogP) is 2.07. The van der Waals surface area contributed by atoms with E-state index in [1.165, 1.54) is 5.56 Å². The number of hydrogen-bond donors (Lipinski definition) is 1. The zero-order chi connectivity index (χ0) is 11.6. The number of aliphatic hydroxyl groups is 1. The van der Waals surface area contributed by atoms with Crippen molar-refractivity contribution in [3.05, 3.63) is 35.9 Å². The second-order valence-electron chi connectivity index (χ2n) is 5.17. The Hall–Kier alpha value is -0.860. The van der Waals surface area contributed by atoms with Gasteiger partial charge in [-0.25, -0.2) is 0 Å². The Bertz CT molecular complexity index is 338. The van der Waals surface area contributed by atoms with Gasteiger partial charge < -0.3 is 10.0 Å². The van der Waals surface area contributed by atoms with Gasteiger partial charge in [-0.1, -0.05) is 30.3 Å². The molecule has 1 aromatic carbocycles. The van der Waals surface area contributed by atoms with Crippen LogP contribution in [-0.4, -0.2) is 35.2 Å². The molecule has 2 rings (SSSR count). The molecule has 1 aliphatic rings. The summed E-state index contributed by atoms with van der Waals surface area (Å²) in [6.07, 6.45) is 2.53. The topological polar surface area (TPSA) is 23.5 Å². The molecule has 0 bridgehead atoms. The van der Waals surface area contributed by atoms with Gasteiger partial charge >= 0.3 is 0 Å². The van der Waals surface area contributed by atoms with Gasteiger partial charge in [-0.2, -0.15) is 0 Å². The molecule has 1 N–H and O–H groups in total. The van der Waals surface area contributed by atoms with Crippen molar-refractivity contribution in [1.82, 2.24) is 4.90 Å². The second-order valence-corrected chi connectivity index (χ2v) is 5.17. The van der Waals surface area contributed by atoms with Crippen LogP contribution in [0, 0.1) is 0 Å². The summed E-state index contributed by atoms with van der Waals surface area (Å²) in [5.74, 6) is 0. The Morgan fingerprint density at radius 3 is 2.69 bits per heavy atom. The first-order valence-electron chi connectivity index (χ1n) is 6.06. The number of nitrogens with zero attached hydrogens (tertiary/aromatic N) is 1. The van der Waals surface area contributed by atoms with Gasteiger partial charge in [-0.15, -0.1) is 0 Å². The van der Waals surface area contributed by atoms with E-state index in [9.17, 15) is 5.11 Å². The summed E-state index contributed by atoms with van der Waals surface area (Å²) in [4.78, 5) is 2.32. The Labute approximate surface area is 97.9 Å². The number of rotatable bonds is 2. The Morgan fingerprint density at radius 1 is 1.38 bits per heavy atom. The van der Waals surface area contributed by atoms with Gasteiger partial charge in [-0.3, -0.25) is 0 Å². The van der Waals surface area contributed by atoms with E-state index in [-0.39, 0.29) is 0 Å². The highest BCUT2D eigenvalue weighted by atomic mass is 16.3. The molecule has 1 saturated heterocycles. The van der Waals surface area contributed by atoms with Crippen molar-refractivity contribution in [1.29, 1.82) is 0 Å². The number of likely N-dealkylation sites (tertiary alicyclic amines) is 1. The van der Waals surface area contributed by atoms with Gasteiger partial charge in [0, 0.05) is 19.0 Å². The molecule has 0 saturated carbocycles. The van der Waals surface area contributed by atoms with E-state index in [1.807, 2.05) is 18.2 Å². The molecule has 2 atom stereocenters. The summed E-state index contributed by atoms with van der Waals surface area (Å²) >= 11 is 0. The average Bonchev–Trinajstić information content (AvgIpc) is 2.25. The Balaban J connectivity index is 2.04. The van der Waals surface area contributed by atoms with Gasteiger partial charge in [0.05, 0.1) is 5.60 Å². The highest BCUT2D eigenvalue weighted by Crippen LogP contribution is 2.29. The Kier molecular flexibility index (Phi) is 3.31. The van der Waals surface area contributed by atoms with Crippen LogP contribution in [0.2, 0.25) is 0 Å².